The van der Waals surface area contributed by atoms with Crippen LogP contribution in [-0.4, -0.2) is 43.1 Å². The van der Waals surface area contributed by atoms with Crippen molar-refractivity contribution in [2.24, 2.45) is 5.92 Å². The monoisotopic (exact) mass is 330 g/mol. The number of amides is 2. The predicted octanol–water partition coefficient (Wildman–Crippen LogP) is 3.69. The van der Waals surface area contributed by atoms with Crippen molar-refractivity contribution in [1.29, 1.82) is 0 Å². The van der Waals surface area contributed by atoms with E-state index in [1.54, 1.807) is 24.0 Å². The molecule has 1 aromatic rings. The van der Waals surface area contributed by atoms with Gasteiger partial charge in [-0.3, -0.25) is 4.90 Å². The summed E-state index contributed by atoms with van der Waals surface area (Å²) < 4.78 is 4.99. The van der Waals surface area contributed by atoms with Crippen molar-refractivity contribution >= 4 is 17.7 Å². The van der Waals surface area contributed by atoms with Gasteiger partial charge in [0.05, 0.1) is 12.2 Å². The largest absolute Gasteiger partial charge is 0.462 e. The van der Waals surface area contributed by atoms with Crippen LogP contribution in [0, 0.1) is 5.92 Å². The molecule has 24 heavy (non-hydrogen) atoms. The first kappa shape index (κ1) is 16.8. The molecule has 130 valence electrons. The molecule has 0 spiro atoms. The molecule has 3 rings (SSSR count). The highest BCUT2D eigenvalue weighted by atomic mass is 16.5. The van der Waals surface area contributed by atoms with Crippen molar-refractivity contribution in [1.82, 2.24) is 4.90 Å². The first-order valence-corrected chi connectivity index (χ1v) is 9.02. The number of hydrogen-bond donors (Lipinski definition) is 0. The number of carbonyl (C=O) groups excluding carboxylic acids is 2. The highest BCUT2D eigenvalue weighted by Crippen LogP contribution is 2.27. The molecule has 2 fully saturated rings. The van der Waals surface area contributed by atoms with Crippen LogP contribution >= 0.6 is 0 Å². The molecule has 1 saturated carbocycles. The maximum Gasteiger partial charge on any atom is 0.338 e. The second-order valence-corrected chi connectivity index (χ2v) is 6.65. The molecule has 5 nitrogen and oxygen atoms in total. The molecule has 0 radical (unpaired) electrons. The van der Waals surface area contributed by atoms with Crippen LogP contribution in [-0.2, 0) is 4.74 Å². The molecule has 2 aliphatic rings. The highest BCUT2D eigenvalue weighted by Gasteiger charge is 2.31. The average Bonchev–Trinajstić information content (AvgIpc) is 2.97. The van der Waals surface area contributed by atoms with E-state index in [1.165, 1.54) is 32.1 Å². The molecule has 1 aliphatic heterocycles. The Kier molecular flexibility index (Phi) is 5.38. The summed E-state index contributed by atoms with van der Waals surface area (Å²) in [4.78, 5) is 28.1. The Morgan fingerprint density at radius 2 is 1.83 bits per heavy atom. The number of urea groups is 1. The van der Waals surface area contributed by atoms with E-state index >= 15 is 0 Å². The van der Waals surface area contributed by atoms with Crippen LogP contribution in [0.25, 0.3) is 0 Å². The van der Waals surface area contributed by atoms with E-state index in [2.05, 4.69) is 0 Å². The van der Waals surface area contributed by atoms with Crippen molar-refractivity contribution < 1.29 is 14.3 Å². The van der Waals surface area contributed by atoms with Crippen molar-refractivity contribution in [2.75, 3.05) is 31.1 Å². The molecular weight excluding hydrogens is 304 g/mol. The zero-order chi connectivity index (χ0) is 16.9. The lowest BCUT2D eigenvalue weighted by molar-refractivity contribution is 0.0526. The fourth-order valence-corrected chi connectivity index (χ4v) is 3.66. The maximum absolute atomic E-state index is 12.7. The summed E-state index contributed by atoms with van der Waals surface area (Å²) in [5.41, 5.74) is 1.37. The van der Waals surface area contributed by atoms with E-state index in [4.69, 9.17) is 4.74 Å². The van der Waals surface area contributed by atoms with E-state index in [9.17, 15) is 9.59 Å². The molecular formula is C19H26N2O3. The zero-order valence-corrected chi connectivity index (χ0v) is 14.4. The van der Waals surface area contributed by atoms with E-state index in [1.807, 2.05) is 17.0 Å². The highest BCUT2D eigenvalue weighted by molar-refractivity contribution is 5.95. The molecule has 0 atom stereocenters. The van der Waals surface area contributed by atoms with E-state index < -0.39 is 0 Å². The Balaban J connectivity index is 1.61. The molecule has 1 saturated heterocycles. The minimum absolute atomic E-state index is 0.0875. The number of rotatable bonds is 5. The summed E-state index contributed by atoms with van der Waals surface area (Å²) in [6, 6.07) is 7.20. The van der Waals surface area contributed by atoms with Crippen LogP contribution in [0.3, 0.4) is 0 Å². The number of esters is 1. The van der Waals surface area contributed by atoms with E-state index in [-0.39, 0.29) is 12.0 Å². The first-order chi connectivity index (χ1) is 11.7. The maximum atomic E-state index is 12.7. The van der Waals surface area contributed by atoms with Gasteiger partial charge in [-0.1, -0.05) is 19.3 Å². The summed E-state index contributed by atoms with van der Waals surface area (Å²) in [6.45, 7) is 4.53. The standard InChI is InChI=1S/C19H26N2O3/c1-2-24-18(22)16-8-10-17(11-9-16)21-13-12-20(19(21)23)14-15-6-4-3-5-7-15/h8-11,15H,2-7,12-14H2,1H3. The molecule has 0 N–H and O–H groups in total. The van der Waals surface area contributed by atoms with Crippen LogP contribution < -0.4 is 4.90 Å². The van der Waals surface area contributed by atoms with Crippen LogP contribution in [0.1, 0.15) is 49.4 Å². The minimum Gasteiger partial charge on any atom is -0.462 e. The summed E-state index contributed by atoms with van der Waals surface area (Å²) in [6.07, 6.45) is 6.43. The number of benzene rings is 1. The van der Waals surface area contributed by atoms with Gasteiger partial charge in [0.25, 0.3) is 0 Å². The average molecular weight is 330 g/mol. The molecule has 1 aromatic carbocycles. The topological polar surface area (TPSA) is 49.9 Å². The van der Waals surface area contributed by atoms with Crippen molar-refractivity contribution in [3.05, 3.63) is 29.8 Å². The Bertz CT molecular complexity index is 579. The third-order valence-corrected chi connectivity index (χ3v) is 4.99. The number of ether oxygens (including phenoxy) is 1. The molecule has 5 heteroatoms. The number of nitrogens with zero attached hydrogens (tertiary/aromatic N) is 2. The molecule has 0 unspecified atom stereocenters. The van der Waals surface area contributed by atoms with Gasteiger partial charge in [-0.05, 0) is 49.9 Å². The first-order valence-electron chi connectivity index (χ1n) is 9.02. The Morgan fingerprint density at radius 3 is 2.50 bits per heavy atom. The SMILES string of the molecule is CCOC(=O)c1ccc(N2CCN(CC3CCCCC3)C2=O)cc1. The fourth-order valence-electron chi connectivity index (χ4n) is 3.66. The molecule has 0 aromatic heterocycles. The van der Waals surface area contributed by atoms with Crippen LogP contribution in [0.2, 0.25) is 0 Å². The van der Waals surface area contributed by atoms with Crippen molar-refractivity contribution in [2.45, 2.75) is 39.0 Å². The van der Waals surface area contributed by atoms with Gasteiger partial charge in [0.15, 0.2) is 0 Å². The summed E-state index contributed by atoms with van der Waals surface area (Å²) in [7, 11) is 0. The van der Waals surface area contributed by atoms with Gasteiger partial charge in [0.1, 0.15) is 0 Å². The number of hydrogen-bond acceptors (Lipinski definition) is 3. The van der Waals surface area contributed by atoms with Gasteiger partial charge in [0.2, 0.25) is 0 Å². The van der Waals surface area contributed by atoms with Crippen LogP contribution in [0.15, 0.2) is 24.3 Å². The Morgan fingerprint density at radius 1 is 1.12 bits per heavy atom. The third kappa shape index (κ3) is 3.71. The molecule has 2 amide bonds. The number of anilines is 1. The molecule has 0 bridgehead atoms. The van der Waals surface area contributed by atoms with Crippen molar-refractivity contribution in [3.8, 4) is 0 Å². The van der Waals surface area contributed by atoms with Gasteiger partial charge < -0.3 is 9.64 Å². The predicted molar refractivity (Wildman–Crippen MR) is 93.3 cm³/mol. The summed E-state index contributed by atoms with van der Waals surface area (Å²) in [5, 5.41) is 0. The Labute approximate surface area is 143 Å². The second-order valence-electron chi connectivity index (χ2n) is 6.65. The van der Waals surface area contributed by atoms with Crippen LogP contribution in [0.4, 0.5) is 10.5 Å². The second kappa shape index (κ2) is 7.69. The van der Waals surface area contributed by atoms with E-state index in [0.717, 1.165) is 18.8 Å². The third-order valence-electron chi connectivity index (χ3n) is 4.99. The van der Waals surface area contributed by atoms with Crippen molar-refractivity contribution in [3.63, 3.8) is 0 Å². The molecule has 1 aliphatic carbocycles. The van der Waals surface area contributed by atoms with Gasteiger partial charge in [-0.25, -0.2) is 9.59 Å². The summed E-state index contributed by atoms with van der Waals surface area (Å²) in [5.74, 6) is 0.338. The fraction of sp³-hybridized carbons (Fsp3) is 0.579. The lowest BCUT2D eigenvalue weighted by atomic mass is 9.89. The lowest BCUT2D eigenvalue weighted by Gasteiger charge is -2.26. The summed E-state index contributed by atoms with van der Waals surface area (Å²) >= 11 is 0. The van der Waals surface area contributed by atoms with Gasteiger partial charge in [-0.2, -0.15) is 0 Å². The normalized spacial score (nSPS) is 19.0. The zero-order valence-electron chi connectivity index (χ0n) is 14.4. The minimum atomic E-state index is -0.323. The van der Waals surface area contributed by atoms with Gasteiger partial charge in [-0.15, -0.1) is 0 Å². The van der Waals surface area contributed by atoms with Gasteiger partial charge >= 0.3 is 12.0 Å². The van der Waals surface area contributed by atoms with Gasteiger partial charge in [0, 0.05) is 25.3 Å². The lowest BCUT2D eigenvalue weighted by Crippen LogP contribution is -2.35. The van der Waals surface area contributed by atoms with E-state index in [0.29, 0.717) is 24.6 Å². The Hall–Kier alpha value is -2.04. The number of carbonyl (C=O) groups is 2. The smallest absolute Gasteiger partial charge is 0.338 e. The molecule has 1 heterocycles. The van der Waals surface area contributed by atoms with Crippen LogP contribution in [0.5, 0.6) is 0 Å². The quantitative estimate of drug-likeness (QED) is 0.774.